The third-order valence-corrected chi connectivity index (χ3v) is 4.76. The molecular weight excluding hydrogens is 328 g/mol. The van der Waals surface area contributed by atoms with Crippen LogP contribution in [0.4, 0.5) is 4.79 Å². The van der Waals surface area contributed by atoms with Crippen LogP contribution in [0.15, 0.2) is 29.2 Å². The number of likely N-dealkylation sites (tertiary alicyclic amines) is 1. The van der Waals surface area contributed by atoms with Crippen molar-refractivity contribution in [2.24, 2.45) is 0 Å². The molecule has 0 aliphatic carbocycles. The minimum absolute atomic E-state index is 0.161. The van der Waals surface area contributed by atoms with Crippen LogP contribution in [0.1, 0.15) is 12.8 Å². The van der Waals surface area contributed by atoms with Crippen molar-refractivity contribution in [3.05, 3.63) is 34.9 Å². The van der Waals surface area contributed by atoms with E-state index in [2.05, 4.69) is 15.7 Å². The molecule has 1 spiro atoms. The Labute approximate surface area is 141 Å². The number of nitrogens with zero attached hydrogens (tertiary/aromatic N) is 4. The van der Waals surface area contributed by atoms with Gasteiger partial charge in [0.1, 0.15) is 12.1 Å². The number of pyridine rings is 1. The van der Waals surface area contributed by atoms with Crippen molar-refractivity contribution >= 4 is 23.5 Å². The van der Waals surface area contributed by atoms with Gasteiger partial charge in [-0.15, -0.1) is 5.10 Å². The quantitative estimate of drug-likeness (QED) is 0.657. The maximum atomic E-state index is 12.5. The molecule has 2 N–H and O–H groups in total. The number of hydrogen-bond acceptors (Lipinski definition) is 5. The van der Waals surface area contributed by atoms with Crippen LogP contribution in [-0.2, 0) is 16.1 Å². The van der Waals surface area contributed by atoms with E-state index in [4.69, 9.17) is 0 Å². The van der Waals surface area contributed by atoms with Crippen molar-refractivity contribution in [1.82, 2.24) is 29.7 Å². The molecule has 4 amide bonds. The summed E-state index contributed by atoms with van der Waals surface area (Å²) >= 11 is 0. The number of rotatable bonds is 2. The van der Waals surface area contributed by atoms with Crippen LogP contribution >= 0.6 is 0 Å². The van der Waals surface area contributed by atoms with E-state index in [1.165, 1.54) is 4.40 Å². The lowest BCUT2D eigenvalue weighted by Gasteiger charge is -2.36. The second-order valence-electron chi connectivity index (χ2n) is 6.24. The molecule has 0 unspecified atom stereocenters. The number of hydrogen-bond donors (Lipinski definition) is 2. The number of fused-ring (bicyclic) bond motifs is 1. The molecule has 2 aliphatic heterocycles. The average Bonchev–Trinajstić information content (AvgIpc) is 3.05. The second kappa shape index (κ2) is 5.43. The first kappa shape index (κ1) is 15.4. The lowest BCUT2D eigenvalue weighted by Crippen LogP contribution is -2.56. The van der Waals surface area contributed by atoms with Gasteiger partial charge in [0.05, 0.1) is 0 Å². The van der Waals surface area contributed by atoms with E-state index in [0.29, 0.717) is 31.6 Å². The third kappa shape index (κ3) is 2.46. The summed E-state index contributed by atoms with van der Waals surface area (Å²) in [4.78, 5) is 49.5. The van der Waals surface area contributed by atoms with Gasteiger partial charge in [0, 0.05) is 19.3 Å². The van der Waals surface area contributed by atoms with Crippen LogP contribution in [0, 0.1) is 0 Å². The number of carbonyl (C=O) groups excluding carboxylic acids is 3. The lowest BCUT2D eigenvalue weighted by atomic mass is 9.88. The van der Waals surface area contributed by atoms with E-state index in [1.54, 1.807) is 29.3 Å². The van der Waals surface area contributed by atoms with Crippen molar-refractivity contribution in [2.75, 3.05) is 13.1 Å². The molecule has 4 rings (SSSR count). The first-order valence-electron chi connectivity index (χ1n) is 7.94. The first-order valence-corrected chi connectivity index (χ1v) is 7.94. The molecule has 0 atom stereocenters. The summed E-state index contributed by atoms with van der Waals surface area (Å²) in [5, 5.41) is 9.02. The number of piperidine rings is 1. The highest BCUT2D eigenvalue weighted by molar-refractivity contribution is 6.07. The molecular formula is C15H16N6O4. The van der Waals surface area contributed by atoms with Crippen molar-refractivity contribution in [1.29, 1.82) is 0 Å². The van der Waals surface area contributed by atoms with Crippen LogP contribution in [0.5, 0.6) is 0 Å². The first-order chi connectivity index (χ1) is 12.0. The number of carbonyl (C=O) groups is 3. The zero-order chi connectivity index (χ0) is 17.6. The van der Waals surface area contributed by atoms with Crippen LogP contribution in [0.3, 0.4) is 0 Å². The van der Waals surface area contributed by atoms with Gasteiger partial charge in [0.15, 0.2) is 5.65 Å². The topological polar surface area (TPSA) is 118 Å². The fraction of sp³-hybridized carbons (Fsp3) is 0.400. The van der Waals surface area contributed by atoms with Crippen LogP contribution in [-0.4, -0.2) is 55.6 Å². The van der Waals surface area contributed by atoms with Crippen molar-refractivity contribution < 1.29 is 14.4 Å². The molecule has 10 heteroatoms. The summed E-state index contributed by atoms with van der Waals surface area (Å²) in [7, 11) is 0. The highest BCUT2D eigenvalue weighted by Gasteiger charge is 2.48. The summed E-state index contributed by atoms with van der Waals surface area (Å²) in [5.41, 5.74) is -0.823. The summed E-state index contributed by atoms with van der Waals surface area (Å²) < 4.78 is 2.50. The summed E-state index contributed by atoms with van der Waals surface area (Å²) in [6.45, 7) is 0.495. The average molecular weight is 344 g/mol. The molecule has 25 heavy (non-hydrogen) atoms. The molecule has 10 nitrogen and oxygen atoms in total. The van der Waals surface area contributed by atoms with E-state index >= 15 is 0 Å². The second-order valence-corrected chi connectivity index (χ2v) is 6.24. The normalized spacial score (nSPS) is 19.3. The minimum Gasteiger partial charge on any atom is -0.341 e. The van der Waals surface area contributed by atoms with Gasteiger partial charge in [-0.05, 0) is 25.0 Å². The highest BCUT2D eigenvalue weighted by Crippen LogP contribution is 2.25. The summed E-state index contributed by atoms with van der Waals surface area (Å²) in [5.74, 6) is -0.591. The van der Waals surface area contributed by atoms with Gasteiger partial charge in [0.2, 0.25) is 5.91 Å². The Balaban J connectivity index is 1.46. The molecule has 2 saturated heterocycles. The molecule has 0 bridgehead atoms. The SMILES string of the molecule is O=C1NC(=O)C2(CCN(C(=O)Cn3nc4ccccn4c3=O)CC2)N1. The van der Waals surface area contributed by atoms with Gasteiger partial charge >= 0.3 is 11.7 Å². The van der Waals surface area contributed by atoms with Crippen LogP contribution < -0.4 is 16.3 Å². The molecule has 4 heterocycles. The van der Waals surface area contributed by atoms with Gasteiger partial charge in [-0.3, -0.25) is 19.3 Å². The van der Waals surface area contributed by atoms with E-state index in [1.807, 2.05) is 0 Å². The molecule has 0 saturated carbocycles. The monoisotopic (exact) mass is 344 g/mol. The largest absolute Gasteiger partial charge is 0.350 e. The Morgan fingerprint density at radius 3 is 2.60 bits per heavy atom. The summed E-state index contributed by atoms with van der Waals surface area (Å²) in [6.07, 6.45) is 2.28. The Morgan fingerprint density at radius 1 is 1.20 bits per heavy atom. The number of amides is 4. The molecule has 2 aromatic rings. The minimum atomic E-state index is -0.923. The zero-order valence-electron chi connectivity index (χ0n) is 13.3. The van der Waals surface area contributed by atoms with Crippen LogP contribution in [0.25, 0.3) is 5.65 Å². The highest BCUT2D eigenvalue weighted by atomic mass is 16.2. The molecule has 0 radical (unpaired) electrons. The predicted octanol–water partition coefficient (Wildman–Crippen LogP) is -1.30. The Hall–Kier alpha value is -3.17. The van der Waals surface area contributed by atoms with Gasteiger partial charge in [-0.1, -0.05) is 6.07 Å². The van der Waals surface area contributed by atoms with Gasteiger partial charge in [-0.25, -0.2) is 14.3 Å². The standard InChI is InChI=1S/C15H16N6O4/c22-11(9-21-14(25)20-6-2-1-3-10(20)18-21)19-7-4-15(5-8-19)12(23)16-13(24)17-15/h1-3,6H,4-5,7-9H2,(H2,16,17,23,24). The fourth-order valence-electron chi connectivity index (χ4n) is 3.32. The maximum absolute atomic E-state index is 12.5. The predicted molar refractivity (Wildman–Crippen MR) is 84.7 cm³/mol. The Morgan fingerprint density at radius 2 is 1.96 bits per heavy atom. The number of nitrogens with one attached hydrogen (secondary N) is 2. The van der Waals surface area contributed by atoms with E-state index in [9.17, 15) is 19.2 Å². The Bertz CT molecular complexity index is 937. The summed E-state index contributed by atoms with van der Waals surface area (Å²) in [6, 6.07) is 4.67. The van der Waals surface area contributed by atoms with Crippen molar-refractivity contribution in [2.45, 2.75) is 24.9 Å². The van der Waals surface area contributed by atoms with Crippen LogP contribution in [0.2, 0.25) is 0 Å². The van der Waals surface area contributed by atoms with E-state index in [0.717, 1.165) is 4.68 Å². The fourth-order valence-corrected chi connectivity index (χ4v) is 3.32. The van der Waals surface area contributed by atoms with E-state index < -0.39 is 11.6 Å². The molecule has 0 aromatic carbocycles. The lowest BCUT2D eigenvalue weighted by molar-refractivity contribution is -0.136. The van der Waals surface area contributed by atoms with Gasteiger partial charge in [0.25, 0.3) is 5.91 Å². The smallest absolute Gasteiger partial charge is 0.341 e. The zero-order valence-corrected chi connectivity index (χ0v) is 13.3. The van der Waals surface area contributed by atoms with Gasteiger partial charge in [-0.2, -0.15) is 0 Å². The third-order valence-electron chi connectivity index (χ3n) is 4.76. The van der Waals surface area contributed by atoms with E-state index in [-0.39, 0.29) is 24.0 Å². The Kier molecular flexibility index (Phi) is 3.34. The number of aromatic nitrogens is 3. The van der Waals surface area contributed by atoms with Crippen molar-refractivity contribution in [3.8, 4) is 0 Å². The van der Waals surface area contributed by atoms with Gasteiger partial charge < -0.3 is 10.2 Å². The molecule has 2 aliphatic rings. The maximum Gasteiger partial charge on any atom is 0.350 e. The molecule has 130 valence electrons. The van der Waals surface area contributed by atoms with Crippen molar-refractivity contribution in [3.63, 3.8) is 0 Å². The molecule has 2 fully saturated rings. The number of urea groups is 1. The molecule has 2 aromatic heterocycles. The number of imide groups is 1.